The summed E-state index contributed by atoms with van der Waals surface area (Å²) in [4.78, 5) is 14.8. The molecule has 120 valence electrons. The number of ether oxygens (including phenoxy) is 2. The van der Waals surface area contributed by atoms with Crippen LogP contribution in [0.1, 0.15) is 50.2 Å². The maximum atomic E-state index is 13.0. The zero-order valence-corrected chi connectivity index (χ0v) is 13.6. The smallest absolute Gasteiger partial charge is 0.292 e. The van der Waals surface area contributed by atoms with Crippen LogP contribution in [-0.2, 0) is 20.1 Å². The molecule has 2 aliphatic heterocycles. The number of aryl methyl sites for hydroxylation is 1. The number of carbonyl (C=O) groups excluding carboxylic acids is 1. The Morgan fingerprint density at radius 2 is 1.95 bits per heavy atom. The number of benzene rings is 1. The average molecular weight is 303 g/mol. The Morgan fingerprint density at radius 3 is 2.68 bits per heavy atom. The third-order valence-electron chi connectivity index (χ3n) is 4.46. The van der Waals surface area contributed by atoms with E-state index in [9.17, 15) is 4.79 Å². The van der Waals surface area contributed by atoms with Crippen molar-refractivity contribution in [1.82, 2.24) is 0 Å². The first-order chi connectivity index (χ1) is 10.7. The maximum Gasteiger partial charge on any atom is 0.292 e. The highest BCUT2D eigenvalue weighted by Gasteiger charge is 2.54. The molecule has 0 unspecified atom stereocenters. The molecule has 2 heterocycles. The molecule has 0 aliphatic carbocycles. The van der Waals surface area contributed by atoms with Gasteiger partial charge in [-0.1, -0.05) is 37.8 Å². The quantitative estimate of drug-likeness (QED) is 0.781. The largest absolute Gasteiger partial charge is 0.338 e. The SMILES string of the molecule is CCCCCCN1C(=O)C2(OCCCO2)c2cc(C)ccc21. The Labute approximate surface area is 132 Å². The number of hydrogen-bond donors (Lipinski definition) is 0. The van der Waals surface area contributed by atoms with E-state index < -0.39 is 5.79 Å². The van der Waals surface area contributed by atoms with Gasteiger partial charge in [0.15, 0.2) is 0 Å². The van der Waals surface area contributed by atoms with Crippen LogP contribution in [0, 0.1) is 6.92 Å². The summed E-state index contributed by atoms with van der Waals surface area (Å²) in [7, 11) is 0. The molecule has 0 N–H and O–H groups in total. The zero-order chi connectivity index (χ0) is 15.6. The minimum Gasteiger partial charge on any atom is -0.338 e. The van der Waals surface area contributed by atoms with E-state index in [-0.39, 0.29) is 5.91 Å². The Kier molecular flexibility index (Phi) is 4.50. The predicted octanol–water partition coefficient (Wildman–Crippen LogP) is 3.51. The summed E-state index contributed by atoms with van der Waals surface area (Å²) in [6, 6.07) is 6.11. The lowest BCUT2D eigenvalue weighted by atomic mass is 10.0. The molecule has 0 saturated carbocycles. The van der Waals surface area contributed by atoms with Gasteiger partial charge in [-0.15, -0.1) is 0 Å². The minimum absolute atomic E-state index is 0.0516. The number of hydrogen-bond acceptors (Lipinski definition) is 3. The summed E-state index contributed by atoms with van der Waals surface area (Å²) in [5, 5.41) is 0. The second-order valence-corrected chi connectivity index (χ2v) is 6.21. The van der Waals surface area contributed by atoms with Gasteiger partial charge in [0.05, 0.1) is 18.9 Å². The van der Waals surface area contributed by atoms with Crippen LogP contribution in [0.25, 0.3) is 0 Å². The van der Waals surface area contributed by atoms with E-state index in [0.29, 0.717) is 13.2 Å². The molecule has 4 nitrogen and oxygen atoms in total. The van der Waals surface area contributed by atoms with E-state index in [0.717, 1.165) is 42.6 Å². The fourth-order valence-corrected chi connectivity index (χ4v) is 3.28. The van der Waals surface area contributed by atoms with Crippen molar-refractivity contribution in [3.63, 3.8) is 0 Å². The monoisotopic (exact) mass is 303 g/mol. The van der Waals surface area contributed by atoms with Crippen molar-refractivity contribution >= 4 is 11.6 Å². The Bertz CT molecular complexity index is 549. The molecular formula is C18H25NO3. The van der Waals surface area contributed by atoms with Crippen LogP contribution in [0.4, 0.5) is 5.69 Å². The van der Waals surface area contributed by atoms with Crippen LogP contribution in [0.2, 0.25) is 0 Å². The van der Waals surface area contributed by atoms with Gasteiger partial charge in [0.2, 0.25) is 0 Å². The summed E-state index contributed by atoms with van der Waals surface area (Å²) in [5.74, 6) is -1.24. The molecule has 2 aliphatic rings. The number of unbranched alkanes of at least 4 members (excludes halogenated alkanes) is 3. The molecule has 0 atom stereocenters. The van der Waals surface area contributed by atoms with Crippen molar-refractivity contribution in [1.29, 1.82) is 0 Å². The van der Waals surface area contributed by atoms with Crippen LogP contribution in [0.15, 0.2) is 18.2 Å². The molecule has 1 aromatic carbocycles. The van der Waals surface area contributed by atoms with Gasteiger partial charge in [0.1, 0.15) is 0 Å². The third kappa shape index (κ3) is 2.55. The van der Waals surface area contributed by atoms with E-state index in [4.69, 9.17) is 9.47 Å². The fourth-order valence-electron chi connectivity index (χ4n) is 3.28. The highest BCUT2D eigenvalue weighted by atomic mass is 16.7. The average Bonchev–Trinajstić information content (AvgIpc) is 2.75. The van der Waals surface area contributed by atoms with Crippen molar-refractivity contribution in [3.8, 4) is 0 Å². The van der Waals surface area contributed by atoms with E-state index in [2.05, 4.69) is 6.92 Å². The van der Waals surface area contributed by atoms with Crippen LogP contribution >= 0.6 is 0 Å². The van der Waals surface area contributed by atoms with Crippen LogP contribution in [-0.4, -0.2) is 25.7 Å². The highest BCUT2D eigenvalue weighted by molar-refractivity contribution is 6.06. The molecule has 1 amide bonds. The Hall–Kier alpha value is -1.39. The Balaban J connectivity index is 1.88. The molecule has 1 saturated heterocycles. The molecule has 4 heteroatoms. The number of nitrogens with zero attached hydrogens (tertiary/aromatic N) is 1. The number of rotatable bonds is 5. The van der Waals surface area contributed by atoms with Gasteiger partial charge >= 0.3 is 0 Å². The maximum absolute atomic E-state index is 13.0. The zero-order valence-electron chi connectivity index (χ0n) is 13.6. The molecule has 0 aromatic heterocycles. The van der Waals surface area contributed by atoms with Gasteiger partial charge in [-0.3, -0.25) is 4.79 Å². The van der Waals surface area contributed by atoms with Gasteiger partial charge in [-0.05, 0) is 31.9 Å². The van der Waals surface area contributed by atoms with Crippen LogP contribution in [0.3, 0.4) is 0 Å². The normalized spacial score (nSPS) is 19.7. The first kappa shape index (κ1) is 15.5. The highest BCUT2D eigenvalue weighted by Crippen LogP contribution is 2.45. The Morgan fingerprint density at radius 1 is 1.18 bits per heavy atom. The van der Waals surface area contributed by atoms with Crippen molar-refractivity contribution < 1.29 is 14.3 Å². The van der Waals surface area contributed by atoms with E-state index in [1.165, 1.54) is 12.8 Å². The molecule has 1 spiro atoms. The minimum atomic E-state index is -1.19. The summed E-state index contributed by atoms with van der Waals surface area (Å²) in [6.07, 6.45) is 5.41. The van der Waals surface area contributed by atoms with Crippen LogP contribution in [0.5, 0.6) is 0 Å². The molecule has 3 rings (SSSR count). The second kappa shape index (κ2) is 6.39. The van der Waals surface area contributed by atoms with Crippen molar-refractivity contribution in [2.75, 3.05) is 24.7 Å². The van der Waals surface area contributed by atoms with Gasteiger partial charge < -0.3 is 14.4 Å². The summed E-state index contributed by atoms with van der Waals surface area (Å²) in [5.41, 5.74) is 2.96. The van der Waals surface area contributed by atoms with E-state index in [1.54, 1.807) is 0 Å². The molecule has 0 radical (unpaired) electrons. The van der Waals surface area contributed by atoms with Gasteiger partial charge in [-0.2, -0.15) is 0 Å². The number of anilines is 1. The number of amides is 1. The first-order valence-electron chi connectivity index (χ1n) is 8.40. The number of carbonyl (C=O) groups is 1. The predicted molar refractivity (Wildman–Crippen MR) is 85.9 cm³/mol. The lowest BCUT2D eigenvalue weighted by Gasteiger charge is -2.32. The first-order valence-corrected chi connectivity index (χ1v) is 8.40. The lowest BCUT2D eigenvalue weighted by molar-refractivity contribution is -0.256. The topological polar surface area (TPSA) is 38.8 Å². The molecule has 1 fully saturated rings. The third-order valence-corrected chi connectivity index (χ3v) is 4.46. The second-order valence-electron chi connectivity index (χ2n) is 6.21. The summed E-state index contributed by atoms with van der Waals surface area (Å²) >= 11 is 0. The summed E-state index contributed by atoms with van der Waals surface area (Å²) < 4.78 is 11.7. The molecule has 1 aromatic rings. The van der Waals surface area contributed by atoms with Crippen LogP contribution < -0.4 is 4.90 Å². The van der Waals surface area contributed by atoms with Crippen molar-refractivity contribution in [3.05, 3.63) is 29.3 Å². The van der Waals surface area contributed by atoms with Crippen molar-refractivity contribution in [2.24, 2.45) is 0 Å². The van der Waals surface area contributed by atoms with Gasteiger partial charge in [0.25, 0.3) is 11.7 Å². The van der Waals surface area contributed by atoms with Gasteiger partial charge in [-0.25, -0.2) is 0 Å². The molecule has 22 heavy (non-hydrogen) atoms. The van der Waals surface area contributed by atoms with E-state index >= 15 is 0 Å². The molecule has 0 bridgehead atoms. The van der Waals surface area contributed by atoms with Gasteiger partial charge in [0, 0.05) is 12.1 Å². The molecular weight excluding hydrogens is 278 g/mol. The fraction of sp³-hybridized carbons (Fsp3) is 0.611. The lowest BCUT2D eigenvalue weighted by Crippen LogP contribution is -2.47. The number of fused-ring (bicyclic) bond motifs is 2. The van der Waals surface area contributed by atoms with E-state index in [1.807, 2.05) is 30.0 Å². The standard InChI is InChI=1S/C18H25NO3/c1-3-4-5-6-10-19-16-9-8-14(2)13-15(16)18(17(19)20)21-11-7-12-22-18/h8-9,13H,3-7,10-12H2,1-2H3. The summed E-state index contributed by atoms with van der Waals surface area (Å²) in [6.45, 7) is 6.11. The van der Waals surface area contributed by atoms with Crippen molar-refractivity contribution in [2.45, 2.75) is 51.7 Å².